The van der Waals surface area contributed by atoms with Crippen LogP contribution in [-0.4, -0.2) is 61.1 Å². The molecule has 2 aliphatic heterocycles. The first-order valence-electron chi connectivity index (χ1n) is 6.96. The van der Waals surface area contributed by atoms with E-state index in [1.54, 1.807) is 0 Å². The first kappa shape index (κ1) is 14.6. The van der Waals surface area contributed by atoms with Crippen LogP contribution in [-0.2, 0) is 9.53 Å². The number of amides is 2. The van der Waals surface area contributed by atoms with Crippen LogP contribution in [0.3, 0.4) is 0 Å². The predicted octanol–water partition coefficient (Wildman–Crippen LogP) is 0.112. The summed E-state index contributed by atoms with van der Waals surface area (Å²) in [5.74, 6) is 0.794. The molecule has 0 aromatic heterocycles. The summed E-state index contributed by atoms with van der Waals surface area (Å²) in [5, 5.41) is 5.76. The van der Waals surface area contributed by atoms with Gasteiger partial charge in [0.25, 0.3) is 0 Å². The van der Waals surface area contributed by atoms with E-state index in [4.69, 9.17) is 0 Å². The number of ether oxygens (including phenoxy) is 1. The number of likely N-dealkylation sites (tertiary alicyclic amines) is 1. The summed E-state index contributed by atoms with van der Waals surface area (Å²) in [6, 6.07) is 0.486. The molecule has 0 aromatic rings. The fourth-order valence-corrected chi connectivity index (χ4v) is 2.76. The molecular formula is C13H22N4O3. The van der Waals surface area contributed by atoms with Gasteiger partial charge in [-0.05, 0) is 26.7 Å². The van der Waals surface area contributed by atoms with E-state index in [-0.39, 0.29) is 24.5 Å². The smallest absolute Gasteiger partial charge is 0.407 e. The number of carbonyl (C=O) groups is 2. The third-order valence-electron chi connectivity index (χ3n) is 3.77. The Kier molecular flexibility index (Phi) is 4.46. The Labute approximate surface area is 118 Å². The largest absolute Gasteiger partial charge is 0.453 e. The lowest BCUT2D eigenvalue weighted by molar-refractivity contribution is -0.131. The van der Waals surface area contributed by atoms with Gasteiger partial charge < -0.3 is 20.3 Å². The van der Waals surface area contributed by atoms with Crippen molar-refractivity contribution in [3.05, 3.63) is 0 Å². The molecule has 0 bridgehead atoms. The number of methoxy groups -OCH3 is 1. The van der Waals surface area contributed by atoms with Crippen LogP contribution in [0, 0.1) is 0 Å². The molecule has 2 N–H and O–H groups in total. The lowest BCUT2D eigenvalue weighted by atomic mass is 10.2. The minimum absolute atomic E-state index is 0.00176. The maximum absolute atomic E-state index is 12.3. The molecule has 20 heavy (non-hydrogen) atoms. The molecule has 2 heterocycles. The first-order valence-corrected chi connectivity index (χ1v) is 6.96. The highest BCUT2D eigenvalue weighted by molar-refractivity contribution is 5.94. The van der Waals surface area contributed by atoms with Gasteiger partial charge in [0.2, 0.25) is 5.91 Å². The molecule has 3 unspecified atom stereocenters. The third kappa shape index (κ3) is 3.02. The number of amidine groups is 1. The van der Waals surface area contributed by atoms with E-state index in [0.29, 0.717) is 6.04 Å². The third-order valence-corrected chi connectivity index (χ3v) is 3.77. The van der Waals surface area contributed by atoms with Crippen molar-refractivity contribution in [3.63, 3.8) is 0 Å². The van der Waals surface area contributed by atoms with Crippen molar-refractivity contribution in [1.82, 2.24) is 15.5 Å². The maximum Gasteiger partial charge on any atom is 0.407 e. The zero-order valence-electron chi connectivity index (χ0n) is 12.2. The molecule has 0 aliphatic carbocycles. The van der Waals surface area contributed by atoms with Gasteiger partial charge in [-0.15, -0.1) is 0 Å². The Bertz CT molecular complexity index is 424. The highest BCUT2D eigenvalue weighted by atomic mass is 16.5. The number of alkyl carbamates (subject to hydrolysis) is 1. The summed E-state index contributed by atoms with van der Waals surface area (Å²) in [7, 11) is 1.28. The Morgan fingerprint density at radius 2 is 2.20 bits per heavy atom. The monoisotopic (exact) mass is 282 g/mol. The molecule has 0 radical (unpaired) electrons. The fraction of sp³-hybridized carbons (Fsp3) is 0.769. The van der Waals surface area contributed by atoms with E-state index in [1.807, 2.05) is 11.8 Å². The molecule has 2 amide bonds. The van der Waals surface area contributed by atoms with Crippen LogP contribution in [0.5, 0.6) is 0 Å². The average Bonchev–Trinajstić information content (AvgIpc) is 3.01. The lowest BCUT2D eigenvalue weighted by Gasteiger charge is -2.29. The summed E-state index contributed by atoms with van der Waals surface area (Å²) in [6.45, 7) is 4.80. The van der Waals surface area contributed by atoms with Crippen molar-refractivity contribution >= 4 is 17.8 Å². The van der Waals surface area contributed by atoms with Crippen molar-refractivity contribution in [3.8, 4) is 0 Å². The number of carbonyl (C=O) groups excluding carboxylic acids is 2. The Hall–Kier alpha value is -1.79. The van der Waals surface area contributed by atoms with Gasteiger partial charge >= 0.3 is 6.09 Å². The lowest BCUT2D eigenvalue weighted by Crippen LogP contribution is -2.51. The molecule has 2 aliphatic rings. The quantitative estimate of drug-likeness (QED) is 0.770. The second-order valence-corrected chi connectivity index (χ2v) is 5.36. The van der Waals surface area contributed by atoms with Crippen LogP contribution in [0.15, 0.2) is 4.99 Å². The van der Waals surface area contributed by atoms with Crippen LogP contribution in [0.25, 0.3) is 0 Å². The van der Waals surface area contributed by atoms with E-state index >= 15 is 0 Å². The van der Waals surface area contributed by atoms with Gasteiger partial charge in [-0.3, -0.25) is 9.79 Å². The van der Waals surface area contributed by atoms with Gasteiger partial charge in [0.05, 0.1) is 19.7 Å². The Morgan fingerprint density at radius 3 is 2.80 bits per heavy atom. The van der Waals surface area contributed by atoms with Gasteiger partial charge in [-0.25, -0.2) is 4.79 Å². The van der Waals surface area contributed by atoms with Gasteiger partial charge in [0.15, 0.2) is 0 Å². The van der Waals surface area contributed by atoms with Crippen LogP contribution in [0.1, 0.15) is 26.7 Å². The van der Waals surface area contributed by atoms with Crippen molar-refractivity contribution in [2.45, 2.75) is 44.8 Å². The SMILES string of the molecule is COC(=O)NCC(=O)N1C(C)CCC1C1=NCC(C)N1. The molecule has 0 spiro atoms. The summed E-state index contributed by atoms with van der Waals surface area (Å²) in [4.78, 5) is 29.6. The van der Waals surface area contributed by atoms with E-state index in [9.17, 15) is 9.59 Å². The first-order chi connectivity index (χ1) is 9.52. The molecule has 112 valence electrons. The zero-order valence-corrected chi connectivity index (χ0v) is 12.2. The molecule has 0 saturated carbocycles. The number of nitrogens with zero attached hydrogens (tertiary/aromatic N) is 2. The molecule has 1 fully saturated rings. The van der Waals surface area contributed by atoms with Gasteiger partial charge in [-0.2, -0.15) is 0 Å². The van der Waals surface area contributed by atoms with Crippen molar-refractivity contribution in [1.29, 1.82) is 0 Å². The topological polar surface area (TPSA) is 83.0 Å². The van der Waals surface area contributed by atoms with Gasteiger partial charge in [-0.1, -0.05) is 0 Å². The second-order valence-electron chi connectivity index (χ2n) is 5.36. The average molecular weight is 282 g/mol. The highest BCUT2D eigenvalue weighted by Gasteiger charge is 2.38. The minimum Gasteiger partial charge on any atom is -0.453 e. The van der Waals surface area contributed by atoms with E-state index < -0.39 is 6.09 Å². The summed E-state index contributed by atoms with van der Waals surface area (Å²) < 4.78 is 4.47. The predicted molar refractivity (Wildman–Crippen MR) is 74.6 cm³/mol. The number of aliphatic imine (C=N–C) groups is 1. The summed E-state index contributed by atoms with van der Waals surface area (Å²) >= 11 is 0. The highest BCUT2D eigenvalue weighted by Crippen LogP contribution is 2.25. The Balaban J connectivity index is 1.99. The number of hydrogen-bond donors (Lipinski definition) is 2. The standard InChI is InChI=1S/C13H22N4O3/c1-8-6-14-12(16-8)10-5-4-9(2)17(10)11(18)7-15-13(19)20-3/h8-10H,4-7H2,1-3H3,(H,14,16)(H,15,19). The molecule has 2 rings (SSSR count). The summed E-state index contributed by atoms with van der Waals surface area (Å²) in [5.41, 5.74) is 0. The molecule has 7 nitrogen and oxygen atoms in total. The number of nitrogens with one attached hydrogen (secondary N) is 2. The minimum atomic E-state index is -0.591. The van der Waals surface area contributed by atoms with Gasteiger partial charge in [0.1, 0.15) is 12.4 Å². The van der Waals surface area contributed by atoms with Crippen molar-refractivity contribution < 1.29 is 14.3 Å². The Morgan fingerprint density at radius 1 is 1.45 bits per heavy atom. The maximum atomic E-state index is 12.3. The second kappa shape index (κ2) is 6.11. The zero-order chi connectivity index (χ0) is 14.7. The molecule has 3 atom stereocenters. The van der Waals surface area contributed by atoms with E-state index in [0.717, 1.165) is 25.2 Å². The van der Waals surface area contributed by atoms with Crippen LogP contribution >= 0.6 is 0 Å². The van der Waals surface area contributed by atoms with Gasteiger partial charge in [0, 0.05) is 12.1 Å². The number of rotatable bonds is 3. The molecular weight excluding hydrogens is 260 g/mol. The molecule has 7 heteroatoms. The number of hydrogen-bond acceptors (Lipinski definition) is 5. The normalized spacial score (nSPS) is 28.9. The van der Waals surface area contributed by atoms with Crippen LogP contribution < -0.4 is 10.6 Å². The van der Waals surface area contributed by atoms with Crippen molar-refractivity contribution in [2.24, 2.45) is 4.99 Å². The van der Waals surface area contributed by atoms with Crippen LogP contribution in [0.2, 0.25) is 0 Å². The molecule has 0 aromatic carbocycles. The van der Waals surface area contributed by atoms with Crippen molar-refractivity contribution in [2.75, 3.05) is 20.2 Å². The van der Waals surface area contributed by atoms with E-state index in [2.05, 4.69) is 27.3 Å². The molecule has 1 saturated heterocycles. The fourth-order valence-electron chi connectivity index (χ4n) is 2.76. The van der Waals surface area contributed by atoms with Crippen LogP contribution in [0.4, 0.5) is 4.79 Å². The van der Waals surface area contributed by atoms with E-state index in [1.165, 1.54) is 7.11 Å². The summed E-state index contributed by atoms with van der Waals surface area (Å²) in [6.07, 6.45) is 1.26.